The van der Waals surface area contributed by atoms with Crippen LogP contribution in [-0.2, 0) is 0 Å². The summed E-state index contributed by atoms with van der Waals surface area (Å²) in [5, 5.41) is 3.12. The smallest absolute Gasteiger partial charge is 0.161 e. The summed E-state index contributed by atoms with van der Waals surface area (Å²) in [4.78, 5) is 9.27. The normalized spacial score (nSPS) is 14.5. The number of rotatable bonds is 3. The third-order valence-electron chi connectivity index (χ3n) is 3.43. The Kier molecular flexibility index (Phi) is 3.27. The van der Waals surface area contributed by atoms with Crippen LogP contribution in [0.1, 0.15) is 30.0 Å². The lowest BCUT2D eigenvalue weighted by atomic mass is 10.1. The van der Waals surface area contributed by atoms with Crippen LogP contribution in [-0.4, -0.2) is 17.0 Å². The van der Waals surface area contributed by atoms with Crippen molar-refractivity contribution in [2.24, 2.45) is 0 Å². The molecule has 1 aromatic carbocycles. The molecule has 0 amide bonds. The SMILES string of the molecule is CNc1cc(C2CC2)nc(-c2ccc(C)c(Br)c2)n1. The largest absolute Gasteiger partial charge is 0.373 e. The Labute approximate surface area is 121 Å². The predicted octanol–water partition coefficient (Wildman–Crippen LogP) is 4.13. The van der Waals surface area contributed by atoms with Gasteiger partial charge < -0.3 is 5.32 Å². The van der Waals surface area contributed by atoms with Gasteiger partial charge in [0, 0.05) is 34.8 Å². The van der Waals surface area contributed by atoms with Crippen molar-refractivity contribution in [1.29, 1.82) is 0 Å². The molecule has 1 aliphatic rings. The van der Waals surface area contributed by atoms with Gasteiger partial charge in [-0.2, -0.15) is 0 Å². The molecule has 1 heterocycles. The molecule has 0 unspecified atom stereocenters. The van der Waals surface area contributed by atoms with Gasteiger partial charge in [-0.25, -0.2) is 9.97 Å². The molecule has 1 fully saturated rings. The quantitative estimate of drug-likeness (QED) is 0.924. The standard InChI is InChI=1S/C15H16BrN3/c1-9-3-4-11(7-12(9)16)15-18-13(10-5-6-10)8-14(17-2)19-15/h3-4,7-8,10H,5-6H2,1-2H3,(H,17,18,19). The van der Waals surface area contributed by atoms with E-state index in [2.05, 4.69) is 57.4 Å². The molecule has 1 aliphatic carbocycles. The van der Waals surface area contributed by atoms with Gasteiger partial charge in [-0.3, -0.25) is 0 Å². The third kappa shape index (κ3) is 2.63. The van der Waals surface area contributed by atoms with Gasteiger partial charge in [-0.15, -0.1) is 0 Å². The van der Waals surface area contributed by atoms with Gasteiger partial charge in [0.15, 0.2) is 5.82 Å². The topological polar surface area (TPSA) is 37.8 Å². The molecule has 0 spiro atoms. The van der Waals surface area contributed by atoms with Crippen molar-refractivity contribution in [1.82, 2.24) is 9.97 Å². The Morgan fingerprint density at radius 2 is 2.00 bits per heavy atom. The Bertz CT molecular complexity index is 621. The molecule has 0 saturated heterocycles. The van der Waals surface area contributed by atoms with Crippen LogP contribution in [0.5, 0.6) is 0 Å². The van der Waals surface area contributed by atoms with E-state index in [1.54, 1.807) is 0 Å². The Morgan fingerprint density at radius 1 is 1.21 bits per heavy atom. The molecule has 3 rings (SSSR count). The van der Waals surface area contributed by atoms with Crippen LogP contribution in [0.25, 0.3) is 11.4 Å². The van der Waals surface area contributed by atoms with E-state index in [4.69, 9.17) is 4.98 Å². The minimum absolute atomic E-state index is 0.628. The minimum Gasteiger partial charge on any atom is -0.373 e. The lowest BCUT2D eigenvalue weighted by molar-refractivity contribution is 0.994. The second kappa shape index (κ2) is 4.93. The van der Waals surface area contributed by atoms with Gasteiger partial charge in [-0.05, 0) is 31.4 Å². The van der Waals surface area contributed by atoms with Crippen LogP contribution in [0.3, 0.4) is 0 Å². The molecule has 0 radical (unpaired) electrons. The van der Waals surface area contributed by atoms with Gasteiger partial charge >= 0.3 is 0 Å². The fraction of sp³-hybridized carbons (Fsp3) is 0.333. The van der Waals surface area contributed by atoms with E-state index < -0.39 is 0 Å². The Morgan fingerprint density at radius 3 is 2.63 bits per heavy atom. The summed E-state index contributed by atoms with van der Waals surface area (Å²) in [5.74, 6) is 2.32. The molecular weight excluding hydrogens is 302 g/mol. The average Bonchev–Trinajstić information content (AvgIpc) is 3.26. The maximum Gasteiger partial charge on any atom is 0.161 e. The van der Waals surface area contributed by atoms with E-state index in [0.717, 1.165) is 27.4 Å². The lowest BCUT2D eigenvalue weighted by Crippen LogP contribution is -2.00. The Hall–Kier alpha value is -1.42. The summed E-state index contributed by atoms with van der Waals surface area (Å²) in [6, 6.07) is 8.31. The molecule has 1 aromatic heterocycles. The zero-order chi connectivity index (χ0) is 13.4. The number of anilines is 1. The van der Waals surface area contributed by atoms with Crippen LogP contribution >= 0.6 is 15.9 Å². The van der Waals surface area contributed by atoms with Crippen molar-refractivity contribution in [2.75, 3.05) is 12.4 Å². The molecule has 4 heteroatoms. The number of aromatic nitrogens is 2. The summed E-state index contributed by atoms with van der Waals surface area (Å²) < 4.78 is 1.09. The van der Waals surface area contributed by atoms with Crippen molar-refractivity contribution in [2.45, 2.75) is 25.7 Å². The van der Waals surface area contributed by atoms with Crippen LogP contribution in [0.15, 0.2) is 28.7 Å². The predicted molar refractivity (Wildman–Crippen MR) is 81.4 cm³/mol. The van der Waals surface area contributed by atoms with Gasteiger partial charge in [0.25, 0.3) is 0 Å². The highest BCUT2D eigenvalue weighted by Gasteiger charge is 2.26. The van der Waals surface area contributed by atoms with Crippen molar-refractivity contribution in [3.8, 4) is 11.4 Å². The highest BCUT2D eigenvalue weighted by molar-refractivity contribution is 9.10. The summed E-state index contributed by atoms with van der Waals surface area (Å²) in [6.45, 7) is 2.08. The number of aryl methyl sites for hydroxylation is 1. The zero-order valence-electron chi connectivity index (χ0n) is 11.1. The summed E-state index contributed by atoms with van der Waals surface area (Å²) >= 11 is 3.57. The molecule has 0 atom stereocenters. The molecule has 0 bridgehead atoms. The van der Waals surface area contributed by atoms with E-state index in [1.807, 2.05) is 7.05 Å². The molecule has 3 nitrogen and oxygen atoms in total. The zero-order valence-corrected chi connectivity index (χ0v) is 12.7. The Balaban J connectivity index is 2.07. The first-order valence-electron chi connectivity index (χ1n) is 6.50. The maximum atomic E-state index is 4.71. The van der Waals surface area contributed by atoms with Crippen molar-refractivity contribution < 1.29 is 0 Å². The summed E-state index contributed by atoms with van der Waals surface area (Å²) in [7, 11) is 1.90. The number of benzene rings is 1. The number of nitrogens with zero attached hydrogens (tertiary/aromatic N) is 2. The number of nitrogens with one attached hydrogen (secondary N) is 1. The summed E-state index contributed by atoms with van der Waals surface area (Å²) in [6.07, 6.45) is 2.49. The van der Waals surface area contributed by atoms with Crippen molar-refractivity contribution in [3.63, 3.8) is 0 Å². The fourth-order valence-electron chi connectivity index (χ4n) is 2.04. The van der Waals surface area contributed by atoms with E-state index in [1.165, 1.54) is 18.4 Å². The summed E-state index contributed by atoms with van der Waals surface area (Å²) in [5.41, 5.74) is 3.43. The monoisotopic (exact) mass is 317 g/mol. The molecule has 2 aromatic rings. The van der Waals surface area contributed by atoms with E-state index in [0.29, 0.717) is 5.92 Å². The highest BCUT2D eigenvalue weighted by atomic mass is 79.9. The van der Waals surface area contributed by atoms with Gasteiger partial charge in [-0.1, -0.05) is 28.1 Å². The molecule has 19 heavy (non-hydrogen) atoms. The first-order valence-corrected chi connectivity index (χ1v) is 7.30. The first kappa shape index (κ1) is 12.6. The van der Waals surface area contributed by atoms with Crippen LogP contribution in [0, 0.1) is 6.92 Å². The highest BCUT2D eigenvalue weighted by Crippen LogP contribution is 2.40. The second-order valence-corrected chi connectivity index (χ2v) is 5.84. The number of hydrogen-bond donors (Lipinski definition) is 1. The van der Waals surface area contributed by atoms with Gasteiger partial charge in [0.05, 0.1) is 0 Å². The van der Waals surface area contributed by atoms with Crippen LogP contribution in [0.4, 0.5) is 5.82 Å². The fourth-order valence-corrected chi connectivity index (χ4v) is 2.42. The van der Waals surface area contributed by atoms with E-state index in [-0.39, 0.29) is 0 Å². The maximum absolute atomic E-state index is 4.71. The average molecular weight is 318 g/mol. The van der Waals surface area contributed by atoms with Crippen molar-refractivity contribution in [3.05, 3.63) is 40.0 Å². The van der Waals surface area contributed by atoms with Crippen LogP contribution < -0.4 is 5.32 Å². The van der Waals surface area contributed by atoms with Crippen LogP contribution in [0.2, 0.25) is 0 Å². The minimum atomic E-state index is 0.628. The molecular formula is C15H16BrN3. The van der Waals surface area contributed by atoms with Crippen molar-refractivity contribution >= 4 is 21.7 Å². The molecule has 98 valence electrons. The molecule has 0 aliphatic heterocycles. The number of halogens is 1. The van der Waals surface area contributed by atoms with E-state index >= 15 is 0 Å². The third-order valence-corrected chi connectivity index (χ3v) is 4.28. The van der Waals surface area contributed by atoms with Gasteiger partial charge in [0.2, 0.25) is 0 Å². The lowest BCUT2D eigenvalue weighted by Gasteiger charge is -2.08. The van der Waals surface area contributed by atoms with E-state index in [9.17, 15) is 0 Å². The molecule has 1 N–H and O–H groups in total. The van der Waals surface area contributed by atoms with Gasteiger partial charge in [0.1, 0.15) is 5.82 Å². The second-order valence-electron chi connectivity index (χ2n) is 4.99. The molecule has 1 saturated carbocycles. The first-order chi connectivity index (χ1) is 9.17. The number of hydrogen-bond acceptors (Lipinski definition) is 3.